The fourth-order valence-electron chi connectivity index (χ4n) is 2.32. The third kappa shape index (κ3) is 4.12. The summed E-state index contributed by atoms with van der Waals surface area (Å²) < 4.78 is 6.47. The lowest BCUT2D eigenvalue weighted by molar-refractivity contribution is -0.0772. The van der Waals surface area contributed by atoms with Gasteiger partial charge in [-0.2, -0.15) is 0 Å². The van der Waals surface area contributed by atoms with Gasteiger partial charge in [-0.05, 0) is 19.1 Å². The van der Waals surface area contributed by atoms with Crippen molar-refractivity contribution in [1.29, 1.82) is 0 Å². The molecular weight excluding hydrogens is 322 g/mol. The first kappa shape index (κ1) is 15.6. The second-order valence-corrected chi connectivity index (χ2v) is 6.08. The Balaban J connectivity index is 1.87. The average Bonchev–Trinajstić information content (AvgIpc) is 2.47. The zero-order valence-corrected chi connectivity index (χ0v) is 13.2. The molecule has 0 bridgehead atoms. The van der Waals surface area contributed by atoms with Gasteiger partial charge in [0.2, 0.25) is 0 Å². The Bertz CT molecular complexity index is 449. The van der Waals surface area contributed by atoms with Crippen molar-refractivity contribution in [1.82, 2.24) is 4.90 Å². The van der Waals surface area contributed by atoms with E-state index in [1.807, 2.05) is 24.3 Å². The predicted octanol–water partition coefficient (Wildman–Crippen LogP) is 2.10. The highest BCUT2D eigenvalue weighted by Gasteiger charge is 2.25. The summed E-state index contributed by atoms with van der Waals surface area (Å²) >= 11 is 3.36. The minimum Gasteiger partial charge on any atom is -0.394 e. The molecule has 20 heavy (non-hydrogen) atoms. The quantitative estimate of drug-likeness (QED) is 0.833. The number of Topliss-reactive ketones (excluding diaryl/α,β-unsaturated/α-hetero) is 1. The SMILES string of the molecule is CC1COC(CO)CN1CCC(=O)c1ccc(Br)cc1. The number of rotatable bonds is 5. The molecule has 2 unspecified atom stereocenters. The van der Waals surface area contributed by atoms with Crippen molar-refractivity contribution < 1.29 is 14.6 Å². The Morgan fingerprint density at radius 2 is 2.15 bits per heavy atom. The maximum atomic E-state index is 12.1. The minimum absolute atomic E-state index is 0.0316. The smallest absolute Gasteiger partial charge is 0.164 e. The largest absolute Gasteiger partial charge is 0.394 e. The van der Waals surface area contributed by atoms with E-state index in [0.29, 0.717) is 26.1 Å². The fourth-order valence-corrected chi connectivity index (χ4v) is 2.59. The standard InChI is InChI=1S/C15H20BrNO3/c1-11-10-20-14(9-18)8-17(11)7-6-15(19)12-2-4-13(16)5-3-12/h2-5,11,14,18H,6-10H2,1H3. The highest BCUT2D eigenvalue weighted by atomic mass is 79.9. The Morgan fingerprint density at radius 3 is 2.80 bits per heavy atom. The van der Waals surface area contributed by atoms with E-state index in [0.717, 1.165) is 10.0 Å². The molecule has 0 radical (unpaired) electrons. The molecule has 5 heteroatoms. The summed E-state index contributed by atoms with van der Waals surface area (Å²) in [5.41, 5.74) is 0.743. The normalized spacial score (nSPS) is 23.8. The van der Waals surface area contributed by atoms with Crippen LogP contribution < -0.4 is 0 Å². The number of nitrogens with zero attached hydrogens (tertiary/aromatic N) is 1. The Kier molecular flexibility index (Phi) is 5.72. The van der Waals surface area contributed by atoms with Crippen LogP contribution in [0.25, 0.3) is 0 Å². The lowest BCUT2D eigenvalue weighted by atomic mass is 10.1. The Hall–Kier alpha value is -0.750. The van der Waals surface area contributed by atoms with Gasteiger partial charge in [0.1, 0.15) is 0 Å². The number of aliphatic hydroxyl groups excluding tert-OH is 1. The number of aliphatic hydroxyl groups is 1. The van der Waals surface area contributed by atoms with Crippen LogP contribution in [0, 0.1) is 0 Å². The first-order valence-corrected chi connectivity index (χ1v) is 7.64. The number of ketones is 1. The van der Waals surface area contributed by atoms with Crippen molar-refractivity contribution in [2.24, 2.45) is 0 Å². The number of hydrogen-bond donors (Lipinski definition) is 1. The summed E-state index contributed by atoms with van der Waals surface area (Å²) in [6, 6.07) is 7.73. The molecule has 4 nitrogen and oxygen atoms in total. The van der Waals surface area contributed by atoms with Crippen molar-refractivity contribution in [3.05, 3.63) is 34.3 Å². The number of benzene rings is 1. The molecule has 1 aliphatic rings. The van der Waals surface area contributed by atoms with E-state index in [1.165, 1.54) is 0 Å². The summed E-state index contributed by atoms with van der Waals surface area (Å²) in [6.07, 6.45) is 0.360. The van der Waals surface area contributed by atoms with Crippen LogP contribution in [0.4, 0.5) is 0 Å². The number of morpholine rings is 1. The number of hydrogen-bond acceptors (Lipinski definition) is 4. The van der Waals surface area contributed by atoms with Crippen molar-refractivity contribution in [2.45, 2.75) is 25.5 Å². The molecule has 1 saturated heterocycles. The summed E-state index contributed by atoms with van der Waals surface area (Å²) in [5, 5.41) is 9.15. The summed E-state index contributed by atoms with van der Waals surface area (Å²) in [4.78, 5) is 14.3. The van der Waals surface area contributed by atoms with Gasteiger partial charge in [-0.25, -0.2) is 0 Å². The van der Waals surface area contributed by atoms with Crippen molar-refractivity contribution >= 4 is 21.7 Å². The average molecular weight is 342 g/mol. The molecule has 0 aliphatic carbocycles. The molecular formula is C15H20BrNO3. The molecule has 0 spiro atoms. The number of carbonyl (C=O) groups is 1. The van der Waals surface area contributed by atoms with E-state index in [4.69, 9.17) is 9.84 Å². The van der Waals surface area contributed by atoms with Crippen LogP contribution in [0.2, 0.25) is 0 Å². The number of halogens is 1. The molecule has 110 valence electrons. The molecule has 1 aliphatic heterocycles. The molecule has 0 saturated carbocycles. The van der Waals surface area contributed by atoms with E-state index in [1.54, 1.807) is 0 Å². The number of ether oxygens (including phenoxy) is 1. The highest BCUT2D eigenvalue weighted by Crippen LogP contribution is 2.15. The third-order valence-electron chi connectivity index (χ3n) is 3.63. The lowest BCUT2D eigenvalue weighted by Crippen LogP contribution is -2.49. The molecule has 1 N–H and O–H groups in total. The molecule has 1 heterocycles. The Labute approximate surface area is 127 Å². The maximum Gasteiger partial charge on any atom is 0.164 e. The topological polar surface area (TPSA) is 49.8 Å². The van der Waals surface area contributed by atoms with Gasteiger partial charge in [0.25, 0.3) is 0 Å². The first-order chi connectivity index (χ1) is 9.60. The van der Waals surface area contributed by atoms with E-state index in [-0.39, 0.29) is 24.5 Å². The van der Waals surface area contributed by atoms with Crippen molar-refractivity contribution in [2.75, 3.05) is 26.3 Å². The summed E-state index contributed by atoms with van der Waals surface area (Å²) in [7, 11) is 0. The highest BCUT2D eigenvalue weighted by molar-refractivity contribution is 9.10. The van der Waals surface area contributed by atoms with Crippen LogP contribution in [-0.2, 0) is 4.74 Å². The monoisotopic (exact) mass is 341 g/mol. The van der Waals surface area contributed by atoms with Gasteiger partial charge in [-0.3, -0.25) is 9.69 Å². The van der Waals surface area contributed by atoms with Crippen LogP contribution >= 0.6 is 15.9 Å². The van der Waals surface area contributed by atoms with Gasteiger partial charge in [0.15, 0.2) is 5.78 Å². The van der Waals surface area contributed by atoms with Crippen LogP contribution in [0.3, 0.4) is 0 Å². The van der Waals surface area contributed by atoms with Gasteiger partial charge in [0, 0.05) is 35.6 Å². The third-order valence-corrected chi connectivity index (χ3v) is 4.16. The zero-order chi connectivity index (χ0) is 14.5. The van der Waals surface area contributed by atoms with E-state index in [9.17, 15) is 4.79 Å². The van der Waals surface area contributed by atoms with E-state index >= 15 is 0 Å². The minimum atomic E-state index is -0.131. The first-order valence-electron chi connectivity index (χ1n) is 6.85. The fraction of sp³-hybridized carbons (Fsp3) is 0.533. The molecule has 1 aromatic carbocycles. The Morgan fingerprint density at radius 1 is 1.45 bits per heavy atom. The van der Waals surface area contributed by atoms with Crippen LogP contribution in [0.5, 0.6) is 0 Å². The second-order valence-electron chi connectivity index (χ2n) is 5.16. The maximum absolute atomic E-state index is 12.1. The number of carbonyl (C=O) groups excluding carboxylic acids is 1. The predicted molar refractivity (Wildman–Crippen MR) is 81.0 cm³/mol. The molecule has 1 aromatic rings. The van der Waals surface area contributed by atoms with Gasteiger partial charge >= 0.3 is 0 Å². The molecule has 2 rings (SSSR count). The van der Waals surface area contributed by atoms with E-state index in [2.05, 4.69) is 27.8 Å². The van der Waals surface area contributed by atoms with Crippen molar-refractivity contribution in [3.63, 3.8) is 0 Å². The van der Waals surface area contributed by atoms with Gasteiger partial charge in [0.05, 0.1) is 19.3 Å². The lowest BCUT2D eigenvalue weighted by Gasteiger charge is -2.37. The van der Waals surface area contributed by atoms with E-state index < -0.39 is 0 Å². The summed E-state index contributed by atoms with van der Waals surface area (Å²) in [6.45, 7) is 4.11. The van der Waals surface area contributed by atoms with Crippen LogP contribution in [0.1, 0.15) is 23.7 Å². The second kappa shape index (κ2) is 7.31. The molecule has 2 atom stereocenters. The zero-order valence-electron chi connectivity index (χ0n) is 11.6. The molecule has 1 fully saturated rings. The van der Waals surface area contributed by atoms with Crippen LogP contribution in [-0.4, -0.2) is 54.2 Å². The van der Waals surface area contributed by atoms with Crippen LogP contribution in [0.15, 0.2) is 28.7 Å². The molecule has 0 amide bonds. The van der Waals surface area contributed by atoms with Gasteiger partial charge in [-0.1, -0.05) is 28.1 Å². The molecule has 0 aromatic heterocycles. The van der Waals surface area contributed by atoms with Gasteiger partial charge in [-0.15, -0.1) is 0 Å². The van der Waals surface area contributed by atoms with Crippen molar-refractivity contribution in [3.8, 4) is 0 Å². The summed E-state index contributed by atoms with van der Waals surface area (Å²) in [5.74, 6) is 0.150. The van der Waals surface area contributed by atoms with Gasteiger partial charge < -0.3 is 9.84 Å².